The maximum atomic E-state index is 11.3. The lowest BCUT2D eigenvalue weighted by Gasteiger charge is -2.25. The fraction of sp³-hybridized carbons (Fsp3) is 0.350. The Morgan fingerprint density at radius 2 is 1.48 bits per heavy atom. The Balaban J connectivity index is 2.20. The van der Waals surface area contributed by atoms with Crippen LogP contribution < -0.4 is 4.90 Å². The number of benzene rings is 2. The summed E-state index contributed by atoms with van der Waals surface area (Å²) < 4.78 is 54.6. The molecule has 0 aliphatic rings. The number of hydrogen-bond acceptors (Lipinski definition) is 9. The third-order valence-electron chi connectivity index (χ3n) is 4.29. The van der Waals surface area contributed by atoms with Crippen LogP contribution in [0, 0.1) is 6.92 Å². The van der Waals surface area contributed by atoms with Gasteiger partial charge in [0.25, 0.3) is 20.2 Å². The van der Waals surface area contributed by atoms with Gasteiger partial charge < -0.3 is 10.0 Å². The molecule has 0 spiro atoms. The monoisotopic (exact) mass is 538 g/mol. The van der Waals surface area contributed by atoms with Gasteiger partial charge in [0.1, 0.15) is 0 Å². The second-order valence-corrected chi connectivity index (χ2v) is 11.2. The maximum Gasteiger partial charge on any atom is 0.264 e. The Hall–Kier alpha value is -1.89. The van der Waals surface area contributed by atoms with Gasteiger partial charge in [-0.05, 0) is 42.3 Å². The van der Waals surface area contributed by atoms with Crippen LogP contribution in [-0.4, -0.2) is 67.0 Å². The number of phenolic OH excluding ortho intramolecular Hbond substituents is 1. The number of halogens is 2. The molecule has 0 saturated carbocycles. The molecule has 0 unspecified atom stereocenters. The molecule has 0 aliphatic heterocycles. The molecule has 2 aromatic rings. The van der Waals surface area contributed by atoms with Crippen LogP contribution in [0.25, 0.3) is 0 Å². The number of anilines is 1. The molecule has 0 amide bonds. The highest BCUT2D eigenvalue weighted by atomic mass is 35.5. The minimum Gasteiger partial charge on any atom is -0.505 e. The van der Waals surface area contributed by atoms with Crippen LogP contribution in [0.2, 0.25) is 10.0 Å². The van der Waals surface area contributed by atoms with Crippen LogP contribution in [0.1, 0.15) is 11.1 Å². The van der Waals surface area contributed by atoms with Gasteiger partial charge in [-0.3, -0.25) is 13.4 Å². The molecule has 2 aromatic carbocycles. The smallest absolute Gasteiger partial charge is 0.264 e. The van der Waals surface area contributed by atoms with Crippen molar-refractivity contribution in [3.63, 3.8) is 0 Å². The van der Waals surface area contributed by atoms with Gasteiger partial charge >= 0.3 is 0 Å². The van der Waals surface area contributed by atoms with Gasteiger partial charge in [0.05, 0.1) is 41.5 Å². The maximum absolute atomic E-state index is 11.3. The molecule has 0 aromatic heterocycles. The van der Waals surface area contributed by atoms with E-state index in [2.05, 4.69) is 4.99 Å². The molecule has 0 saturated heterocycles. The summed E-state index contributed by atoms with van der Waals surface area (Å²) in [4.78, 5) is 6.09. The van der Waals surface area contributed by atoms with E-state index in [0.29, 0.717) is 5.69 Å². The Kier molecular flexibility index (Phi) is 9.53. The Labute approximate surface area is 203 Å². The van der Waals surface area contributed by atoms with Crippen molar-refractivity contribution in [2.45, 2.75) is 6.92 Å². The van der Waals surface area contributed by atoms with Crippen molar-refractivity contribution >= 4 is 61.0 Å². The summed E-state index contributed by atoms with van der Waals surface area (Å²) in [5, 5.41) is 9.83. The van der Waals surface area contributed by atoms with Gasteiger partial charge in [0.2, 0.25) is 0 Å². The van der Waals surface area contributed by atoms with Crippen molar-refractivity contribution in [3.05, 3.63) is 51.5 Å². The highest BCUT2D eigenvalue weighted by Gasteiger charge is 2.12. The number of rotatable bonds is 11. The van der Waals surface area contributed by atoms with Gasteiger partial charge in [-0.15, -0.1) is 0 Å². The number of nitrogens with zero attached hydrogens (tertiary/aromatic N) is 2. The molecule has 33 heavy (non-hydrogen) atoms. The number of aromatic hydroxyl groups is 1. The van der Waals surface area contributed by atoms with E-state index in [1.807, 2.05) is 13.0 Å². The van der Waals surface area contributed by atoms with Crippen molar-refractivity contribution in [1.29, 1.82) is 0 Å². The number of hydrogen-bond donors (Lipinski definition) is 1. The molecule has 9 nitrogen and oxygen atoms in total. The summed E-state index contributed by atoms with van der Waals surface area (Å²) in [6, 6.07) is 8.40. The van der Waals surface area contributed by atoms with E-state index in [0.717, 1.165) is 29.3 Å². The zero-order valence-corrected chi connectivity index (χ0v) is 21.3. The van der Waals surface area contributed by atoms with E-state index in [-0.39, 0.29) is 42.1 Å². The Bertz CT molecular complexity index is 1170. The molecule has 182 valence electrons. The van der Waals surface area contributed by atoms with E-state index in [1.54, 1.807) is 23.2 Å². The highest BCUT2D eigenvalue weighted by Crippen LogP contribution is 2.35. The van der Waals surface area contributed by atoms with Gasteiger partial charge in [0, 0.05) is 25.0 Å². The second kappa shape index (κ2) is 11.5. The molecule has 0 radical (unpaired) electrons. The Morgan fingerprint density at radius 1 is 0.970 bits per heavy atom. The first-order valence-corrected chi connectivity index (χ1v) is 13.9. The molecule has 0 atom stereocenters. The van der Waals surface area contributed by atoms with Gasteiger partial charge in [-0.1, -0.05) is 29.3 Å². The predicted molar refractivity (Wildman–Crippen MR) is 130 cm³/mol. The lowest BCUT2D eigenvalue weighted by molar-refractivity contribution is 0.309. The SMILES string of the molecule is Cc1cc(N(CCOS(C)(=O)=O)CCOS(C)(=O)=O)ccc1C=Nc1cc(Cl)c(O)c(Cl)c1. The van der Waals surface area contributed by atoms with Crippen molar-refractivity contribution in [3.8, 4) is 5.75 Å². The van der Waals surface area contributed by atoms with Crippen LogP contribution in [0.3, 0.4) is 0 Å². The van der Waals surface area contributed by atoms with Gasteiger partial charge in [0.15, 0.2) is 5.75 Å². The lowest BCUT2D eigenvalue weighted by atomic mass is 10.1. The van der Waals surface area contributed by atoms with Crippen molar-refractivity contribution in [1.82, 2.24) is 0 Å². The molecular formula is C20H24Cl2N2O7S2. The van der Waals surface area contributed by atoms with E-state index >= 15 is 0 Å². The third-order valence-corrected chi connectivity index (χ3v) is 6.06. The Morgan fingerprint density at radius 3 is 1.94 bits per heavy atom. The second-order valence-electron chi connectivity index (χ2n) is 7.10. The quantitative estimate of drug-likeness (QED) is 0.340. The average Bonchev–Trinajstić information content (AvgIpc) is 2.68. The van der Waals surface area contributed by atoms with Crippen molar-refractivity contribution in [2.24, 2.45) is 4.99 Å². The van der Waals surface area contributed by atoms with Crippen LogP contribution in [0.5, 0.6) is 5.75 Å². The van der Waals surface area contributed by atoms with Gasteiger partial charge in [-0.2, -0.15) is 16.8 Å². The summed E-state index contributed by atoms with van der Waals surface area (Å²) in [6.45, 7) is 2.03. The normalized spacial score (nSPS) is 12.4. The van der Waals surface area contributed by atoms with E-state index in [1.165, 1.54) is 12.1 Å². The first-order chi connectivity index (χ1) is 15.2. The minimum atomic E-state index is -3.61. The first kappa shape index (κ1) is 27.4. The van der Waals surface area contributed by atoms with Crippen molar-refractivity contribution < 1.29 is 30.3 Å². The third kappa shape index (κ3) is 9.48. The zero-order chi connectivity index (χ0) is 24.8. The lowest BCUT2D eigenvalue weighted by Crippen LogP contribution is -2.32. The molecule has 1 N–H and O–H groups in total. The molecule has 0 bridgehead atoms. The van der Waals surface area contributed by atoms with E-state index in [4.69, 9.17) is 31.6 Å². The fourth-order valence-corrected chi connectivity index (χ4v) is 3.97. The van der Waals surface area contributed by atoms with Crippen LogP contribution >= 0.6 is 23.2 Å². The highest BCUT2D eigenvalue weighted by molar-refractivity contribution is 7.86. The molecule has 0 heterocycles. The first-order valence-electron chi connectivity index (χ1n) is 9.51. The molecule has 2 rings (SSSR count). The number of aryl methyl sites for hydroxylation is 1. The average molecular weight is 539 g/mol. The van der Waals surface area contributed by atoms with E-state index in [9.17, 15) is 21.9 Å². The van der Waals surface area contributed by atoms with Crippen LogP contribution in [0.15, 0.2) is 35.3 Å². The zero-order valence-electron chi connectivity index (χ0n) is 18.2. The standard InChI is InChI=1S/C20H24Cl2N2O7S2/c1-14-10-17(24(6-8-30-32(2,26)27)7-9-31-33(3,28)29)5-4-15(14)13-23-16-11-18(21)20(25)19(22)12-16/h4-5,10-13,25H,6-9H2,1-3H3. The molecule has 13 heteroatoms. The predicted octanol–water partition coefficient (Wildman–Crippen LogP) is 3.52. The molecular weight excluding hydrogens is 515 g/mol. The van der Waals surface area contributed by atoms with Crippen LogP contribution in [0.4, 0.5) is 11.4 Å². The topological polar surface area (TPSA) is 123 Å². The van der Waals surface area contributed by atoms with E-state index < -0.39 is 20.2 Å². The van der Waals surface area contributed by atoms with Crippen molar-refractivity contribution in [2.75, 3.05) is 43.7 Å². The largest absolute Gasteiger partial charge is 0.505 e. The summed E-state index contributed by atoms with van der Waals surface area (Å²) in [5.74, 6) is -0.211. The molecule has 0 aliphatic carbocycles. The number of phenols is 1. The summed E-state index contributed by atoms with van der Waals surface area (Å²) >= 11 is 11.8. The summed E-state index contributed by atoms with van der Waals surface area (Å²) in [5.41, 5.74) is 2.82. The molecule has 0 fully saturated rings. The summed E-state index contributed by atoms with van der Waals surface area (Å²) in [6.07, 6.45) is 3.52. The minimum absolute atomic E-state index is 0.0880. The number of aliphatic imine (C=N–C) groups is 1. The summed E-state index contributed by atoms with van der Waals surface area (Å²) in [7, 11) is -7.22. The van der Waals surface area contributed by atoms with Gasteiger partial charge in [-0.25, -0.2) is 0 Å². The fourth-order valence-electron chi connectivity index (χ4n) is 2.74. The van der Waals surface area contributed by atoms with Crippen LogP contribution in [-0.2, 0) is 28.6 Å².